The molecule has 0 aliphatic heterocycles. The van der Waals surface area contributed by atoms with E-state index in [9.17, 15) is 22.9 Å². The summed E-state index contributed by atoms with van der Waals surface area (Å²) in [4.78, 5) is 12.3. The van der Waals surface area contributed by atoms with Crippen LogP contribution < -0.4 is 9.62 Å². The summed E-state index contributed by atoms with van der Waals surface area (Å²) in [7, 11) is -2.28. The standard InChI is InChI=1S/C18H22FN3O4S/c1-18(2,3)20-27(25,26)15-8-9-16(17(11-15)22(23)24)21(4)12-13-6-5-7-14(19)10-13/h5-11,20H,12H2,1-4H3. The van der Waals surface area contributed by atoms with Crippen LogP contribution in [0.15, 0.2) is 47.4 Å². The summed E-state index contributed by atoms with van der Waals surface area (Å²) in [5.41, 5.74) is -0.192. The number of rotatable bonds is 6. The largest absolute Gasteiger partial charge is 0.365 e. The first-order valence-electron chi connectivity index (χ1n) is 8.17. The highest BCUT2D eigenvalue weighted by Crippen LogP contribution is 2.31. The maximum Gasteiger partial charge on any atom is 0.293 e. The Balaban J connectivity index is 2.39. The van der Waals surface area contributed by atoms with Crippen molar-refractivity contribution in [1.29, 1.82) is 0 Å². The number of sulfonamides is 1. The van der Waals surface area contributed by atoms with Crippen molar-refractivity contribution in [1.82, 2.24) is 4.72 Å². The van der Waals surface area contributed by atoms with Crippen LogP contribution in [0, 0.1) is 15.9 Å². The molecule has 146 valence electrons. The second kappa shape index (κ2) is 7.61. The molecule has 1 N–H and O–H groups in total. The summed E-state index contributed by atoms with van der Waals surface area (Å²) in [5.74, 6) is -0.398. The van der Waals surface area contributed by atoms with Gasteiger partial charge in [0.05, 0.1) is 9.82 Å². The van der Waals surface area contributed by atoms with Crippen molar-refractivity contribution in [2.45, 2.75) is 37.8 Å². The highest BCUT2D eigenvalue weighted by molar-refractivity contribution is 7.89. The van der Waals surface area contributed by atoms with E-state index in [1.807, 2.05) is 0 Å². The van der Waals surface area contributed by atoms with Gasteiger partial charge in [-0.25, -0.2) is 17.5 Å². The molecule has 2 rings (SSSR count). The quantitative estimate of drug-likeness (QED) is 0.597. The molecular weight excluding hydrogens is 373 g/mol. The van der Waals surface area contributed by atoms with Gasteiger partial charge in [-0.1, -0.05) is 12.1 Å². The zero-order valence-electron chi connectivity index (χ0n) is 15.6. The van der Waals surface area contributed by atoms with Gasteiger partial charge < -0.3 is 4.90 Å². The lowest BCUT2D eigenvalue weighted by molar-refractivity contribution is -0.384. The van der Waals surface area contributed by atoms with Crippen LogP contribution in [0.1, 0.15) is 26.3 Å². The van der Waals surface area contributed by atoms with Gasteiger partial charge in [-0.3, -0.25) is 10.1 Å². The Kier molecular flexibility index (Phi) is 5.86. The fraction of sp³-hybridized carbons (Fsp3) is 0.333. The highest BCUT2D eigenvalue weighted by Gasteiger charge is 2.26. The maximum absolute atomic E-state index is 13.3. The molecular formula is C18H22FN3O4S. The molecule has 9 heteroatoms. The molecule has 0 fully saturated rings. The molecule has 0 aromatic heterocycles. The Bertz CT molecular complexity index is 955. The van der Waals surface area contributed by atoms with Gasteiger partial charge in [-0.05, 0) is 50.6 Å². The number of hydrogen-bond acceptors (Lipinski definition) is 5. The van der Waals surface area contributed by atoms with Crippen LogP contribution in [0.5, 0.6) is 0 Å². The van der Waals surface area contributed by atoms with Crippen molar-refractivity contribution in [2.75, 3.05) is 11.9 Å². The SMILES string of the molecule is CN(Cc1cccc(F)c1)c1ccc(S(=O)(=O)NC(C)(C)C)cc1[N+](=O)[O-]. The summed E-state index contributed by atoms with van der Waals surface area (Å²) in [5, 5.41) is 11.5. The van der Waals surface area contributed by atoms with Crippen LogP contribution in [0.2, 0.25) is 0 Å². The minimum absolute atomic E-state index is 0.188. The number of nitrogens with one attached hydrogen (secondary N) is 1. The molecule has 0 saturated heterocycles. The minimum atomic E-state index is -3.90. The number of nitro benzene ring substituents is 1. The van der Waals surface area contributed by atoms with Crippen LogP contribution in [0.4, 0.5) is 15.8 Å². The first-order valence-corrected chi connectivity index (χ1v) is 9.65. The molecule has 0 bridgehead atoms. The Labute approximate surface area is 158 Å². The fourth-order valence-corrected chi connectivity index (χ4v) is 4.03. The van der Waals surface area contributed by atoms with Crippen molar-refractivity contribution >= 4 is 21.4 Å². The van der Waals surface area contributed by atoms with Gasteiger partial charge in [0.1, 0.15) is 11.5 Å². The molecule has 0 heterocycles. The zero-order chi connectivity index (χ0) is 20.4. The second-order valence-corrected chi connectivity index (χ2v) is 8.93. The monoisotopic (exact) mass is 395 g/mol. The number of benzene rings is 2. The third-order valence-corrected chi connectivity index (χ3v) is 5.37. The van der Waals surface area contributed by atoms with Crippen LogP contribution >= 0.6 is 0 Å². The van der Waals surface area contributed by atoms with Gasteiger partial charge in [0.15, 0.2) is 0 Å². The summed E-state index contributed by atoms with van der Waals surface area (Å²) >= 11 is 0. The molecule has 0 saturated carbocycles. The Hall–Kier alpha value is -2.52. The van der Waals surface area contributed by atoms with Gasteiger partial charge in [0.25, 0.3) is 5.69 Å². The van der Waals surface area contributed by atoms with E-state index in [0.29, 0.717) is 5.56 Å². The van der Waals surface area contributed by atoms with E-state index in [4.69, 9.17) is 0 Å². The molecule has 0 aliphatic rings. The predicted molar refractivity (Wildman–Crippen MR) is 102 cm³/mol. The van der Waals surface area contributed by atoms with Gasteiger partial charge in [-0.15, -0.1) is 0 Å². The molecule has 0 atom stereocenters. The van der Waals surface area contributed by atoms with E-state index in [1.54, 1.807) is 44.9 Å². The number of nitro groups is 1. The third kappa shape index (κ3) is 5.48. The van der Waals surface area contributed by atoms with Crippen molar-refractivity contribution in [2.24, 2.45) is 0 Å². The minimum Gasteiger partial charge on any atom is -0.365 e. The topological polar surface area (TPSA) is 92.6 Å². The van der Waals surface area contributed by atoms with E-state index in [-0.39, 0.29) is 22.8 Å². The van der Waals surface area contributed by atoms with Gasteiger partial charge in [0, 0.05) is 25.2 Å². The number of anilines is 1. The summed E-state index contributed by atoms with van der Waals surface area (Å²) in [6, 6.07) is 9.65. The normalized spacial score (nSPS) is 12.0. The summed E-state index contributed by atoms with van der Waals surface area (Å²) < 4.78 is 40.7. The van der Waals surface area contributed by atoms with Crippen molar-refractivity contribution < 1.29 is 17.7 Å². The molecule has 7 nitrogen and oxygen atoms in total. The molecule has 27 heavy (non-hydrogen) atoms. The van der Waals surface area contributed by atoms with Crippen LogP contribution in [0.25, 0.3) is 0 Å². The average molecular weight is 395 g/mol. The Morgan fingerprint density at radius 2 is 1.85 bits per heavy atom. The Morgan fingerprint density at radius 1 is 1.19 bits per heavy atom. The van der Waals surface area contributed by atoms with Crippen molar-refractivity contribution in [3.8, 4) is 0 Å². The van der Waals surface area contributed by atoms with Crippen LogP contribution in [-0.4, -0.2) is 25.9 Å². The predicted octanol–water partition coefficient (Wildman–Crippen LogP) is 3.45. The third-order valence-electron chi connectivity index (χ3n) is 3.61. The van der Waals surface area contributed by atoms with Crippen LogP contribution in [-0.2, 0) is 16.6 Å². The second-order valence-electron chi connectivity index (χ2n) is 7.25. The number of halogens is 1. The lowest BCUT2D eigenvalue weighted by atomic mass is 10.1. The van der Waals surface area contributed by atoms with E-state index < -0.39 is 26.3 Å². The van der Waals surface area contributed by atoms with Crippen molar-refractivity contribution in [3.05, 3.63) is 64.0 Å². The lowest BCUT2D eigenvalue weighted by Gasteiger charge is -2.22. The Morgan fingerprint density at radius 3 is 2.41 bits per heavy atom. The maximum atomic E-state index is 13.3. The lowest BCUT2D eigenvalue weighted by Crippen LogP contribution is -2.40. The molecule has 0 unspecified atom stereocenters. The molecule has 0 aliphatic carbocycles. The fourth-order valence-electron chi connectivity index (χ4n) is 2.60. The molecule has 0 spiro atoms. The van der Waals surface area contributed by atoms with Gasteiger partial charge in [-0.2, -0.15) is 0 Å². The van der Waals surface area contributed by atoms with E-state index >= 15 is 0 Å². The summed E-state index contributed by atoms with van der Waals surface area (Å²) in [6.07, 6.45) is 0. The molecule has 2 aromatic carbocycles. The van der Waals surface area contributed by atoms with Crippen LogP contribution in [0.3, 0.4) is 0 Å². The summed E-state index contributed by atoms with van der Waals surface area (Å²) in [6.45, 7) is 5.27. The van der Waals surface area contributed by atoms with E-state index in [0.717, 1.165) is 6.07 Å². The van der Waals surface area contributed by atoms with Gasteiger partial charge >= 0.3 is 0 Å². The first kappa shape index (κ1) is 20.8. The molecule has 2 aromatic rings. The zero-order valence-corrected chi connectivity index (χ0v) is 16.4. The van der Waals surface area contributed by atoms with Gasteiger partial charge in [0.2, 0.25) is 10.0 Å². The van der Waals surface area contributed by atoms with Crippen molar-refractivity contribution in [3.63, 3.8) is 0 Å². The first-order chi connectivity index (χ1) is 12.4. The molecule has 0 radical (unpaired) electrons. The van der Waals surface area contributed by atoms with E-state index in [2.05, 4.69) is 4.72 Å². The highest BCUT2D eigenvalue weighted by atomic mass is 32.2. The van der Waals surface area contributed by atoms with E-state index in [1.165, 1.54) is 24.3 Å². The number of hydrogen-bond donors (Lipinski definition) is 1. The smallest absolute Gasteiger partial charge is 0.293 e. The average Bonchev–Trinajstić information content (AvgIpc) is 2.52. The number of nitrogens with zero attached hydrogens (tertiary/aromatic N) is 2. The molecule has 0 amide bonds.